The molecule has 0 fully saturated rings. The van der Waals surface area contributed by atoms with Gasteiger partial charge in [0.1, 0.15) is 0 Å². The molecule has 0 aromatic heterocycles. The Morgan fingerprint density at radius 1 is 1.25 bits per heavy atom. The van der Waals surface area contributed by atoms with Gasteiger partial charge in [0.2, 0.25) is 0 Å². The van der Waals surface area contributed by atoms with Crippen molar-refractivity contribution in [1.29, 1.82) is 5.26 Å². The van der Waals surface area contributed by atoms with E-state index < -0.39 is 0 Å². The lowest BCUT2D eigenvalue weighted by molar-refractivity contribution is -0.849. The molecule has 0 aromatic carbocycles. The molecular weight excluding hydrogens is 98.9 g/mol. The lowest BCUT2D eigenvalue weighted by atomic mass is 10.2. The molecule has 0 spiro atoms. The lowest BCUT2D eigenvalue weighted by Gasteiger charge is -2.14. The van der Waals surface area contributed by atoms with Crippen molar-refractivity contribution >= 4 is 7.85 Å². The van der Waals surface area contributed by atoms with E-state index in [1.807, 2.05) is 5.97 Å². The predicted octanol–water partition coefficient (Wildman–Crippen LogP) is -0.845. The van der Waals surface area contributed by atoms with E-state index >= 15 is 0 Å². The third-order valence-electron chi connectivity index (χ3n) is 0. The fourth-order valence-corrected chi connectivity index (χ4v) is 0. The van der Waals surface area contributed by atoms with E-state index in [-0.39, 0.29) is 7.85 Å². The van der Waals surface area contributed by atoms with E-state index in [4.69, 9.17) is 5.26 Å². The molecule has 0 aliphatic rings. The smallest absolute Gasteiger partial charge is 0.0675 e. The number of rotatable bonds is 0. The number of hydrogen-bond donors (Lipinski definition) is 0. The van der Waals surface area contributed by atoms with Gasteiger partial charge in [0.25, 0.3) is 0 Å². The molecule has 8 heavy (non-hydrogen) atoms. The summed E-state index contributed by atoms with van der Waals surface area (Å²) in [5.41, 5.74) is 0. The standard InChI is InChI=1S/C4H12N.CH3BN/c1-5(2,3)4;2-1-3/h1-4H3;2H3/q+1;-1. The van der Waals surface area contributed by atoms with Crippen molar-refractivity contribution in [2.24, 2.45) is 0 Å². The van der Waals surface area contributed by atoms with Crippen LogP contribution in [0.3, 0.4) is 0 Å². The molecule has 3 heteroatoms. The zero-order chi connectivity index (χ0) is 7.21. The fourth-order valence-electron chi connectivity index (χ4n) is 0. The highest BCUT2D eigenvalue weighted by Gasteiger charge is 1.88. The van der Waals surface area contributed by atoms with Gasteiger partial charge in [-0.05, 0) is 0 Å². The summed E-state index contributed by atoms with van der Waals surface area (Å²) >= 11 is 0. The van der Waals surface area contributed by atoms with Gasteiger partial charge < -0.3 is 4.48 Å². The van der Waals surface area contributed by atoms with Crippen LogP contribution in [0.4, 0.5) is 0 Å². The molecule has 0 saturated carbocycles. The molecule has 2 nitrogen and oxygen atoms in total. The molecule has 0 aliphatic carbocycles. The lowest BCUT2D eigenvalue weighted by Crippen LogP contribution is -2.27. The van der Waals surface area contributed by atoms with Crippen LogP contribution in [0.2, 0.25) is 0 Å². The maximum atomic E-state index is 7.43. The van der Waals surface area contributed by atoms with Gasteiger partial charge in [-0.1, -0.05) is 0 Å². The van der Waals surface area contributed by atoms with Crippen LogP contribution in [0, 0.1) is 11.2 Å². The molecule has 0 atom stereocenters. The number of quaternary nitrogens is 1. The Labute approximate surface area is 52.7 Å². The molecular formula is C5H15BN2. The summed E-state index contributed by atoms with van der Waals surface area (Å²) in [6.07, 6.45) is 0. The molecule has 0 amide bonds. The van der Waals surface area contributed by atoms with E-state index in [0.717, 1.165) is 4.48 Å². The first-order valence-electron chi connectivity index (χ1n) is 2.01. The molecule has 0 unspecified atom stereocenters. The van der Waals surface area contributed by atoms with E-state index in [1.54, 1.807) is 0 Å². The second-order valence-corrected chi connectivity index (χ2v) is 2.68. The van der Waals surface area contributed by atoms with Gasteiger partial charge in [0, 0.05) is 0 Å². The van der Waals surface area contributed by atoms with Gasteiger partial charge in [-0.25, -0.2) is 0 Å². The van der Waals surface area contributed by atoms with Gasteiger partial charge in [-0.3, -0.25) is 5.26 Å². The summed E-state index contributed by atoms with van der Waals surface area (Å²) in [4.78, 5) is 0. The third-order valence-corrected chi connectivity index (χ3v) is 0. The van der Waals surface area contributed by atoms with Crippen molar-refractivity contribution < 1.29 is 4.48 Å². The molecule has 48 valence electrons. The van der Waals surface area contributed by atoms with Crippen LogP contribution < -0.4 is 0 Å². The highest BCUT2D eigenvalue weighted by molar-refractivity contribution is 6.20. The Hall–Kier alpha value is -0.485. The summed E-state index contributed by atoms with van der Waals surface area (Å²) < 4.78 is 1.00. The van der Waals surface area contributed by atoms with Gasteiger partial charge in [-0.2, -0.15) is 5.97 Å². The first kappa shape index (κ1) is 10.5. The first-order valence-corrected chi connectivity index (χ1v) is 2.01. The van der Waals surface area contributed by atoms with Gasteiger partial charge in [-0.15, -0.1) is 0 Å². The third kappa shape index (κ3) is 478. The largest absolute Gasteiger partial charge is 0.333 e. The van der Waals surface area contributed by atoms with Crippen LogP contribution in [0.15, 0.2) is 0 Å². The predicted molar refractivity (Wildman–Crippen MR) is 39.5 cm³/mol. The molecule has 0 radical (unpaired) electrons. The monoisotopic (exact) mass is 114 g/mol. The topological polar surface area (TPSA) is 23.8 Å². The first-order chi connectivity index (χ1) is 3.41. The maximum absolute atomic E-state index is 7.43. The number of nitrogens with zero attached hydrogens (tertiary/aromatic N) is 2. The number of nitriles is 1. The molecule has 0 bridgehead atoms. The minimum atomic E-state index is 0.0694. The molecule has 0 heterocycles. The van der Waals surface area contributed by atoms with E-state index in [1.165, 1.54) is 0 Å². The minimum absolute atomic E-state index is 0.0694. The number of hydrogen-bond acceptors (Lipinski definition) is 1. The molecule has 0 aliphatic heterocycles. The summed E-state index contributed by atoms with van der Waals surface area (Å²) in [5, 5.41) is 7.43. The molecule has 0 rings (SSSR count). The Morgan fingerprint density at radius 3 is 1.25 bits per heavy atom. The summed E-state index contributed by atoms with van der Waals surface area (Å²) in [6, 6.07) is 0. The van der Waals surface area contributed by atoms with E-state index in [9.17, 15) is 0 Å². The zero-order valence-corrected chi connectivity index (χ0v) is 5.39. The van der Waals surface area contributed by atoms with Crippen LogP contribution in [0.1, 0.15) is 0 Å². The van der Waals surface area contributed by atoms with Gasteiger partial charge in [0.15, 0.2) is 0 Å². The average molecular weight is 114 g/mol. The fraction of sp³-hybridized carbons (Fsp3) is 0.800. The molecule has 0 aromatic rings. The van der Waals surface area contributed by atoms with Crippen LogP contribution in [-0.2, 0) is 0 Å². The van der Waals surface area contributed by atoms with Crippen LogP contribution in [-0.4, -0.2) is 40.5 Å². The maximum Gasteiger partial charge on any atom is 0.0675 e. The summed E-state index contributed by atoms with van der Waals surface area (Å²) in [7, 11) is 8.57. The van der Waals surface area contributed by atoms with E-state index in [2.05, 4.69) is 28.2 Å². The quantitative estimate of drug-likeness (QED) is 0.297. The highest BCUT2D eigenvalue weighted by Crippen LogP contribution is 1.73. The molecule has 0 saturated heterocycles. The van der Waals surface area contributed by atoms with Gasteiger partial charge in [0.05, 0.1) is 36.0 Å². The van der Waals surface area contributed by atoms with Crippen molar-refractivity contribution in [2.75, 3.05) is 28.2 Å². The second kappa shape index (κ2) is 4.67. The van der Waals surface area contributed by atoms with Crippen molar-refractivity contribution in [2.45, 2.75) is 0 Å². The van der Waals surface area contributed by atoms with Gasteiger partial charge >= 0.3 is 0 Å². The normalized spacial score (nSPS) is 8.50. The average Bonchev–Trinajstić information content (AvgIpc) is 1.27. The van der Waals surface area contributed by atoms with Crippen LogP contribution in [0.5, 0.6) is 0 Å². The van der Waals surface area contributed by atoms with Crippen LogP contribution >= 0.6 is 0 Å². The van der Waals surface area contributed by atoms with Crippen molar-refractivity contribution in [3.63, 3.8) is 0 Å². The Balaban J connectivity index is 0. The Morgan fingerprint density at radius 2 is 1.25 bits per heavy atom. The Bertz CT molecular complexity index is 71.4. The second-order valence-electron chi connectivity index (χ2n) is 2.68. The van der Waals surface area contributed by atoms with Crippen molar-refractivity contribution in [1.82, 2.24) is 0 Å². The van der Waals surface area contributed by atoms with E-state index in [0.29, 0.717) is 0 Å². The van der Waals surface area contributed by atoms with Crippen molar-refractivity contribution in [3.05, 3.63) is 0 Å². The zero-order valence-electron chi connectivity index (χ0n) is 5.39. The Kier molecular flexibility index (Phi) is 6.12. The molecule has 0 N–H and O–H groups in total. The highest BCUT2D eigenvalue weighted by atomic mass is 15.2. The van der Waals surface area contributed by atoms with Crippen molar-refractivity contribution in [3.8, 4) is 5.97 Å². The minimum Gasteiger partial charge on any atom is -0.333 e. The SMILES string of the molecule is C[N+](C)(C)C.[BH3-]C#N. The summed E-state index contributed by atoms with van der Waals surface area (Å²) in [5.74, 6) is 2.00. The van der Waals surface area contributed by atoms with Crippen LogP contribution in [0.25, 0.3) is 0 Å². The summed E-state index contributed by atoms with van der Waals surface area (Å²) in [6.45, 7) is 0.